The van der Waals surface area contributed by atoms with E-state index in [9.17, 15) is 4.79 Å². The van der Waals surface area contributed by atoms with E-state index in [4.69, 9.17) is 4.74 Å². The minimum Gasteiger partial charge on any atom is -0.495 e. The van der Waals surface area contributed by atoms with Crippen molar-refractivity contribution in [3.05, 3.63) is 94.1 Å². The number of amides is 2. The summed E-state index contributed by atoms with van der Waals surface area (Å²) in [5.74, 6) is 0.648. The second kappa shape index (κ2) is 9.63. The highest BCUT2D eigenvalue weighted by atomic mass is 32.1. The van der Waals surface area contributed by atoms with Gasteiger partial charge in [0.2, 0.25) is 0 Å². The van der Waals surface area contributed by atoms with Crippen LogP contribution in [0.5, 0.6) is 5.75 Å². The van der Waals surface area contributed by atoms with Crippen LogP contribution < -0.4 is 15.0 Å². The first kappa shape index (κ1) is 23.7. The van der Waals surface area contributed by atoms with Crippen LogP contribution in [-0.2, 0) is 19.4 Å². The summed E-state index contributed by atoms with van der Waals surface area (Å²) in [6.07, 6.45) is 6.81. The third-order valence-electron chi connectivity index (χ3n) is 7.51. The van der Waals surface area contributed by atoms with Gasteiger partial charge in [0.15, 0.2) is 0 Å². The zero-order chi connectivity index (χ0) is 25.5. The Kier molecular flexibility index (Phi) is 6.16. The maximum atomic E-state index is 14.1. The smallest absolute Gasteiger partial charge is 0.323 e. The maximum Gasteiger partial charge on any atom is 0.323 e. The summed E-state index contributed by atoms with van der Waals surface area (Å²) in [5, 5.41) is 4.42. The Bertz CT molecular complexity index is 1440. The molecule has 1 aliphatic carbocycles. The lowest BCUT2D eigenvalue weighted by Crippen LogP contribution is -2.38. The number of carbonyl (C=O) groups is 1. The van der Waals surface area contributed by atoms with Crippen LogP contribution in [-0.4, -0.2) is 36.7 Å². The number of nitrogens with one attached hydrogen (secondary N) is 1. The average Bonchev–Trinajstić information content (AvgIpc) is 3.51. The number of benzene rings is 2. The van der Waals surface area contributed by atoms with E-state index in [1.54, 1.807) is 7.11 Å². The van der Waals surface area contributed by atoms with Crippen LogP contribution in [0.3, 0.4) is 0 Å². The topological polar surface area (TPSA) is 49.7 Å². The molecule has 0 bridgehead atoms. The molecule has 2 aliphatic rings. The molecule has 0 saturated heterocycles. The molecule has 4 aromatic rings. The van der Waals surface area contributed by atoms with Gasteiger partial charge in [-0.2, -0.15) is 0 Å². The SMILES string of the molecule is COc1ccccc1NC(=O)N1Cc2c(sc3c2CCCC3)-n2cccc2[C@H]1c1ccc(N(C)C)cc1. The summed E-state index contributed by atoms with van der Waals surface area (Å²) in [5.41, 5.74) is 6.73. The van der Waals surface area contributed by atoms with Crippen molar-refractivity contribution in [2.75, 3.05) is 31.4 Å². The Hall–Kier alpha value is -3.71. The maximum absolute atomic E-state index is 14.1. The molecule has 2 amide bonds. The molecule has 0 fully saturated rings. The van der Waals surface area contributed by atoms with Crippen LogP contribution in [0, 0.1) is 0 Å². The number of hydrogen-bond acceptors (Lipinski definition) is 4. The highest BCUT2D eigenvalue weighted by molar-refractivity contribution is 7.15. The molecule has 3 heterocycles. The summed E-state index contributed by atoms with van der Waals surface area (Å²) < 4.78 is 7.85. The number of para-hydroxylation sites is 2. The summed E-state index contributed by atoms with van der Waals surface area (Å²) in [4.78, 5) is 19.7. The highest BCUT2D eigenvalue weighted by Crippen LogP contribution is 2.44. The summed E-state index contributed by atoms with van der Waals surface area (Å²) in [6.45, 7) is 0.559. The first-order chi connectivity index (χ1) is 18.0. The number of ether oxygens (including phenoxy) is 1. The summed E-state index contributed by atoms with van der Waals surface area (Å²) in [7, 11) is 5.71. The number of hydrogen-bond donors (Lipinski definition) is 1. The fraction of sp³-hybridized carbons (Fsp3) is 0.300. The molecule has 37 heavy (non-hydrogen) atoms. The van der Waals surface area contributed by atoms with Crippen molar-refractivity contribution >= 4 is 28.7 Å². The van der Waals surface area contributed by atoms with Crippen LogP contribution in [0.25, 0.3) is 5.00 Å². The first-order valence-electron chi connectivity index (χ1n) is 12.8. The molecular weight excluding hydrogens is 480 g/mol. The van der Waals surface area contributed by atoms with Crippen LogP contribution in [0.4, 0.5) is 16.2 Å². The standard InChI is InChI=1S/C30H32N4O2S/c1-32(2)21-16-14-20(15-17-21)28-25-11-8-18-33(25)29-23(22-9-4-7-13-27(22)37-29)19-34(28)30(35)31-24-10-5-6-12-26(24)36-3/h5-6,8,10-12,14-18,28H,4,7,9,13,19H2,1-3H3,(H,31,35)/t28-/m1/s1. The van der Waals surface area contributed by atoms with Crippen LogP contribution in [0.1, 0.15) is 46.1 Å². The molecule has 2 aromatic carbocycles. The van der Waals surface area contributed by atoms with Crippen molar-refractivity contribution < 1.29 is 9.53 Å². The monoisotopic (exact) mass is 512 g/mol. The van der Waals surface area contributed by atoms with Crippen molar-refractivity contribution in [2.45, 2.75) is 38.3 Å². The van der Waals surface area contributed by atoms with E-state index in [1.165, 1.54) is 33.8 Å². The minimum atomic E-state index is -0.236. The largest absolute Gasteiger partial charge is 0.495 e. The Morgan fingerprint density at radius 3 is 2.57 bits per heavy atom. The predicted molar refractivity (Wildman–Crippen MR) is 150 cm³/mol. The lowest BCUT2D eigenvalue weighted by Gasteiger charge is -2.32. The van der Waals surface area contributed by atoms with Gasteiger partial charge in [-0.15, -0.1) is 11.3 Å². The van der Waals surface area contributed by atoms with Gasteiger partial charge in [0.05, 0.1) is 31.1 Å². The zero-order valence-electron chi connectivity index (χ0n) is 21.5. The van der Waals surface area contributed by atoms with E-state index in [0.29, 0.717) is 18.0 Å². The highest BCUT2D eigenvalue weighted by Gasteiger charge is 2.36. The second-order valence-electron chi connectivity index (χ2n) is 9.94. The van der Waals surface area contributed by atoms with Gasteiger partial charge in [-0.1, -0.05) is 24.3 Å². The number of anilines is 2. The quantitative estimate of drug-likeness (QED) is 0.334. The Labute approximate surface area is 222 Å². The molecule has 0 radical (unpaired) electrons. The molecule has 0 unspecified atom stereocenters. The Morgan fingerprint density at radius 1 is 1.00 bits per heavy atom. The second-order valence-corrected chi connectivity index (χ2v) is 11.0. The van der Waals surface area contributed by atoms with E-state index in [0.717, 1.165) is 29.8 Å². The van der Waals surface area contributed by atoms with Crippen molar-refractivity contribution in [2.24, 2.45) is 0 Å². The van der Waals surface area contributed by atoms with E-state index >= 15 is 0 Å². The molecule has 1 aliphatic heterocycles. The number of methoxy groups -OCH3 is 1. The molecule has 0 spiro atoms. The molecule has 1 atom stereocenters. The van der Waals surface area contributed by atoms with E-state index in [1.807, 2.05) is 54.6 Å². The molecular formula is C30H32N4O2S. The third kappa shape index (κ3) is 4.17. The first-order valence-corrected chi connectivity index (χ1v) is 13.7. The van der Waals surface area contributed by atoms with Gasteiger partial charge in [-0.05, 0) is 73.2 Å². The lowest BCUT2D eigenvalue weighted by atomic mass is 9.95. The fourth-order valence-corrected chi connectivity index (χ4v) is 7.03. The van der Waals surface area contributed by atoms with Gasteiger partial charge >= 0.3 is 6.03 Å². The van der Waals surface area contributed by atoms with Gasteiger partial charge in [0.1, 0.15) is 10.8 Å². The zero-order valence-corrected chi connectivity index (χ0v) is 22.3. The van der Waals surface area contributed by atoms with Gasteiger partial charge in [-0.3, -0.25) is 0 Å². The number of aromatic nitrogens is 1. The summed E-state index contributed by atoms with van der Waals surface area (Å²) >= 11 is 1.90. The number of rotatable bonds is 4. The summed E-state index contributed by atoms with van der Waals surface area (Å²) in [6, 6.07) is 20.0. The number of nitrogens with zero attached hydrogens (tertiary/aromatic N) is 3. The van der Waals surface area contributed by atoms with Gasteiger partial charge < -0.3 is 24.4 Å². The molecule has 0 saturated carbocycles. The molecule has 6 rings (SSSR count). The number of carbonyl (C=O) groups excluding carboxylic acids is 1. The van der Waals surface area contributed by atoms with Crippen LogP contribution >= 0.6 is 11.3 Å². The number of urea groups is 1. The Balaban J connectivity index is 1.48. The molecule has 2 aromatic heterocycles. The van der Waals surface area contributed by atoms with Crippen LogP contribution in [0.15, 0.2) is 66.9 Å². The van der Waals surface area contributed by atoms with E-state index in [2.05, 4.69) is 57.4 Å². The predicted octanol–water partition coefficient (Wildman–Crippen LogP) is 6.63. The normalized spacial score (nSPS) is 16.3. The van der Waals surface area contributed by atoms with Crippen molar-refractivity contribution in [1.82, 2.24) is 9.47 Å². The molecule has 190 valence electrons. The van der Waals surface area contributed by atoms with Crippen molar-refractivity contribution in [3.63, 3.8) is 0 Å². The minimum absolute atomic E-state index is 0.137. The third-order valence-corrected chi connectivity index (χ3v) is 8.85. The number of fused-ring (bicyclic) bond motifs is 5. The Morgan fingerprint density at radius 2 is 1.78 bits per heavy atom. The lowest BCUT2D eigenvalue weighted by molar-refractivity contribution is 0.194. The van der Waals surface area contributed by atoms with E-state index in [-0.39, 0.29) is 12.1 Å². The van der Waals surface area contributed by atoms with Crippen LogP contribution in [0.2, 0.25) is 0 Å². The van der Waals surface area contributed by atoms with Crippen molar-refractivity contribution in [1.29, 1.82) is 0 Å². The number of thiophene rings is 1. The number of aryl methyl sites for hydroxylation is 1. The fourth-order valence-electron chi connectivity index (χ4n) is 5.63. The van der Waals surface area contributed by atoms with Gasteiger partial charge in [0.25, 0.3) is 0 Å². The van der Waals surface area contributed by atoms with Gasteiger partial charge in [-0.25, -0.2) is 4.79 Å². The van der Waals surface area contributed by atoms with E-state index < -0.39 is 0 Å². The molecule has 1 N–H and O–H groups in total. The molecule has 6 nitrogen and oxygen atoms in total. The molecule has 7 heteroatoms. The average molecular weight is 513 g/mol. The van der Waals surface area contributed by atoms with Crippen molar-refractivity contribution in [3.8, 4) is 10.8 Å². The van der Waals surface area contributed by atoms with Gasteiger partial charge in [0, 0.05) is 36.4 Å².